The van der Waals surface area contributed by atoms with E-state index >= 15 is 0 Å². The van der Waals surface area contributed by atoms with E-state index in [4.69, 9.17) is 4.74 Å². The highest BCUT2D eigenvalue weighted by Gasteiger charge is 2.20. The Balaban J connectivity index is 1.72. The molecule has 27 heavy (non-hydrogen) atoms. The Labute approximate surface area is 155 Å². The number of ether oxygens (including phenoxy) is 1. The highest BCUT2D eigenvalue weighted by molar-refractivity contribution is 6.05. The third-order valence-electron chi connectivity index (χ3n) is 4.40. The molecule has 1 aliphatic rings. The molecule has 0 aliphatic carbocycles. The SMILES string of the molecule is COc1ccc([N+](=O)[O-])cc1NC(=O)c1ccc(CN2CCCC2=O)cc1. The summed E-state index contributed by atoms with van der Waals surface area (Å²) in [5.41, 5.74) is 1.43. The summed E-state index contributed by atoms with van der Waals surface area (Å²) < 4.78 is 5.15. The van der Waals surface area contributed by atoms with Crippen molar-refractivity contribution in [1.82, 2.24) is 4.90 Å². The van der Waals surface area contributed by atoms with Gasteiger partial charge in [0.25, 0.3) is 11.6 Å². The topological polar surface area (TPSA) is 102 Å². The van der Waals surface area contributed by atoms with E-state index in [1.165, 1.54) is 25.3 Å². The molecule has 1 saturated heterocycles. The number of non-ortho nitro benzene ring substituents is 1. The lowest BCUT2D eigenvalue weighted by molar-refractivity contribution is -0.384. The Morgan fingerprint density at radius 3 is 2.59 bits per heavy atom. The molecule has 0 atom stereocenters. The zero-order valence-electron chi connectivity index (χ0n) is 14.8. The van der Waals surface area contributed by atoms with Crippen LogP contribution in [-0.4, -0.2) is 35.3 Å². The Kier molecular flexibility index (Phi) is 5.35. The van der Waals surface area contributed by atoms with E-state index in [9.17, 15) is 19.7 Å². The summed E-state index contributed by atoms with van der Waals surface area (Å²) in [6, 6.07) is 10.9. The molecule has 2 aromatic rings. The molecule has 1 aliphatic heterocycles. The molecule has 0 saturated carbocycles. The molecular formula is C19H19N3O5. The van der Waals surface area contributed by atoms with E-state index in [1.54, 1.807) is 29.2 Å². The van der Waals surface area contributed by atoms with Crippen molar-refractivity contribution in [2.45, 2.75) is 19.4 Å². The van der Waals surface area contributed by atoms with Crippen molar-refractivity contribution in [1.29, 1.82) is 0 Å². The fourth-order valence-electron chi connectivity index (χ4n) is 2.95. The number of benzene rings is 2. The van der Waals surface area contributed by atoms with Crippen molar-refractivity contribution in [2.24, 2.45) is 0 Å². The molecule has 1 heterocycles. The number of nitro benzene ring substituents is 1. The van der Waals surface area contributed by atoms with E-state index in [0.29, 0.717) is 24.3 Å². The second-order valence-corrected chi connectivity index (χ2v) is 6.21. The lowest BCUT2D eigenvalue weighted by Gasteiger charge is -2.15. The van der Waals surface area contributed by atoms with Crippen LogP contribution in [-0.2, 0) is 11.3 Å². The quantitative estimate of drug-likeness (QED) is 0.623. The molecular weight excluding hydrogens is 350 g/mol. The molecule has 2 aromatic carbocycles. The van der Waals surface area contributed by atoms with Gasteiger partial charge in [0.05, 0.1) is 17.7 Å². The molecule has 2 amide bonds. The Hall–Kier alpha value is -3.42. The van der Waals surface area contributed by atoms with Gasteiger partial charge in [0.2, 0.25) is 5.91 Å². The third-order valence-corrected chi connectivity index (χ3v) is 4.40. The molecule has 1 fully saturated rings. The molecule has 8 nitrogen and oxygen atoms in total. The Morgan fingerprint density at radius 2 is 2.00 bits per heavy atom. The largest absolute Gasteiger partial charge is 0.495 e. The molecule has 0 radical (unpaired) electrons. The summed E-state index contributed by atoms with van der Waals surface area (Å²) in [5, 5.41) is 13.6. The first-order valence-electron chi connectivity index (χ1n) is 8.48. The monoisotopic (exact) mass is 369 g/mol. The van der Waals surface area contributed by atoms with Crippen LogP contribution >= 0.6 is 0 Å². The Morgan fingerprint density at radius 1 is 1.26 bits per heavy atom. The predicted molar refractivity (Wildman–Crippen MR) is 98.7 cm³/mol. The molecule has 0 unspecified atom stereocenters. The smallest absolute Gasteiger partial charge is 0.271 e. The lowest BCUT2D eigenvalue weighted by Crippen LogP contribution is -2.23. The summed E-state index contributed by atoms with van der Waals surface area (Å²) in [6.45, 7) is 1.28. The van der Waals surface area contributed by atoms with E-state index in [-0.39, 0.29) is 17.3 Å². The molecule has 140 valence electrons. The standard InChI is InChI=1S/C19H19N3O5/c1-27-17-9-8-15(22(25)26)11-16(17)20-19(24)14-6-4-13(5-7-14)12-21-10-2-3-18(21)23/h4-9,11H,2-3,10,12H2,1H3,(H,20,24). The van der Waals surface area contributed by atoms with Crippen LogP contribution in [0.25, 0.3) is 0 Å². The second-order valence-electron chi connectivity index (χ2n) is 6.21. The number of likely N-dealkylation sites (tertiary alicyclic amines) is 1. The van der Waals surface area contributed by atoms with Crippen molar-refractivity contribution in [2.75, 3.05) is 19.0 Å². The number of nitro groups is 1. The van der Waals surface area contributed by atoms with Crippen molar-refractivity contribution in [3.8, 4) is 5.75 Å². The van der Waals surface area contributed by atoms with Crippen LogP contribution in [0, 0.1) is 10.1 Å². The minimum Gasteiger partial charge on any atom is -0.495 e. The van der Waals surface area contributed by atoms with Crippen LogP contribution in [0.3, 0.4) is 0 Å². The first-order valence-corrected chi connectivity index (χ1v) is 8.48. The summed E-state index contributed by atoms with van der Waals surface area (Å²) in [7, 11) is 1.42. The second kappa shape index (κ2) is 7.86. The van der Waals surface area contributed by atoms with Crippen LogP contribution in [0.15, 0.2) is 42.5 Å². The van der Waals surface area contributed by atoms with E-state index in [0.717, 1.165) is 18.5 Å². The number of rotatable bonds is 6. The van der Waals surface area contributed by atoms with Gasteiger partial charge in [-0.15, -0.1) is 0 Å². The number of amides is 2. The van der Waals surface area contributed by atoms with Gasteiger partial charge in [-0.25, -0.2) is 0 Å². The van der Waals surface area contributed by atoms with Gasteiger partial charge >= 0.3 is 0 Å². The number of nitrogens with zero attached hydrogens (tertiary/aromatic N) is 2. The zero-order valence-corrected chi connectivity index (χ0v) is 14.8. The number of carbonyl (C=O) groups is 2. The zero-order chi connectivity index (χ0) is 19.4. The van der Waals surface area contributed by atoms with Crippen LogP contribution in [0.4, 0.5) is 11.4 Å². The number of anilines is 1. The lowest BCUT2D eigenvalue weighted by atomic mass is 10.1. The number of hydrogen-bond acceptors (Lipinski definition) is 5. The molecule has 0 aromatic heterocycles. The minimum absolute atomic E-state index is 0.142. The van der Waals surface area contributed by atoms with Crippen molar-refractivity contribution in [3.05, 3.63) is 63.7 Å². The van der Waals surface area contributed by atoms with Gasteiger partial charge in [0.15, 0.2) is 0 Å². The van der Waals surface area contributed by atoms with Gasteiger partial charge in [-0.1, -0.05) is 12.1 Å². The fraction of sp³-hybridized carbons (Fsp3) is 0.263. The van der Waals surface area contributed by atoms with Gasteiger partial charge in [-0.3, -0.25) is 19.7 Å². The predicted octanol–water partition coefficient (Wildman–Crippen LogP) is 2.98. The Bertz CT molecular complexity index is 879. The van der Waals surface area contributed by atoms with Crippen molar-refractivity contribution >= 4 is 23.2 Å². The number of nitrogens with one attached hydrogen (secondary N) is 1. The van der Waals surface area contributed by atoms with E-state index < -0.39 is 10.8 Å². The maximum Gasteiger partial charge on any atom is 0.271 e. The van der Waals surface area contributed by atoms with E-state index in [1.807, 2.05) is 0 Å². The van der Waals surface area contributed by atoms with Crippen LogP contribution < -0.4 is 10.1 Å². The highest BCUT2D eigenvalue weighted by atomic mass is 16.6. The van der Waals surface area contributed by atoms with Crippen molar-refractivity contribution < 1.29 is 19.2 Å². The van der Waals surface area contributed by atoms with Gasteiger partial charge < -0.3 is 15.0 Å². The molecule has 8 heteroatoms. The summed E-state index contributed by atoms with van der Waals surface area (Å²) in [4.78, 5) is 36.4. The summed E-state index contributed by atoms with van der Waals surface area (Å²) in [6.07, 6.45) is 1.47. The first kappa shape index (κ1) is 18.4. The average molecular weight is 369 g/mol. The molecule has 0 bridgehead atoms. The normalized spacial score (nSPS) is 13.5. The van der Waals surface area contributed by atoms with Gasteiger partial charge in [0.1, 0.15) is 5.75 Å². The highest BCUT2D eigenvalue weighted by Crippen LogP contribution is 2.29. The summed E-state index contributed by atoms with van der Waals surface area (Å²) in [5.74, 6) is 0.0744. The number of methoxy groups -OCH3 is 1. The fourth-order valence-corrected chi connectivity index (χ4v) is 2.95. The van der Waals surface area contributed by atoms with Gasteiger partial charge in [-0.05, 0) is 30.2 Å². The molecule has 0 spiro atoms. The van der Waals surface area contributed by atoms with Crippen LogP contribution in [0.5, 0.6) is 5.75 Å². The van der Waals surface area contributed by atoms with Crippen LogP contribution in [0.1, 0.15) is 28.8 Å². The number of hydrogen-bond donors (Lipinski definition) is 1. The van der Waals surface area contributed by atoms with E-state index in [2.05, 4.69) is 5.32 Å². The number of carbonyl (C=O) groups excluding carboxylic acids is 2. The van der Waals surface area contributed by atoms with Gasteiger partial charge in [0, 0.05) is 37.2 Å². The third kappa shape index (κ3) is 4.22. The maximum atomic E-state index is 12.5. The molecule has 3 rings (SSSR count). The van der Waals surface area contributed by atoms with Crippen LogP contribution in [0.2, 0.25) is 0 Å². The molecule has 1 N–H and O–H groups in total. The average Bonchev–Trinajstić information content (AvgIpc) is 3.06. The maximum absolute atomic E-state index is 12.5. The van der Waals surface area contributed by atoms with Gasteiger partial charge in [-0.2, -0.15) is 0 Å². The summed E-state index contributed by atoms with van der Waals surface area (Å²) >= 11 is 0. The van der Waals surface area contributed by atoms with Crippen molar-refractivity contribution in [3.63, 3.8) is 0 Å². The first-order chi connectivity index (χ1) is 13.0. The minimum atomic E-state index is -0.538.